The molecular weight excluding hydrogens is 362 g/mol. The standard InChI is InChI=1S/C17H21NO5S2/c1-13-4-3-5-14(12-13)22-10-11-23-17(19)16-7-6-15(24-16)8-9-18-25(2,20)21/h3-7,12,18H,8-11H2,1-2H3. The van der Waals surface area contributed by atoms with Gasteiger partial charge in [-0.2, -0.15) is 0 Å². The van der Waals surface area contributed by atoms with Crippen LogP contribution in [0.2, 0.25) is 0 Å². The van der Waals surface area contributed by atoms with Gasteiger partial charge >= 0.3 is 5.97 Å². The fraction of sp³-hybridized carbons (Fsp3) is 0.353. The van der Waals surface area contributed by atoms with Crippen LogP contribution in [0.25, 0.3) is 0 Å². The lowest BCUT2D eigenvalue weighted by Crippen LogP contribution is -2.24. The molecule has 2 rings (SSSR count). The minimum absolute atomic E-state index is 0.162. The van der Waals surface area contributed by atoms with E-state index in [1.54, 1.807) is 12.1 Å². The zero-order valence-electron chi connectivity index (χ0n) is 14.2. The normalized spacial score (nSPS) is 11.3. The molecule has 0 amide bonds. The maximum absolute atomic E-state index is 12.0. The van der Waals surface area contributed by atoms with Gasteiger partial charge in [-0.25, -0.2) is 17.9 Å². The molecule has 25 heavy (non-hydrogen) atoms. The molecule has 0 aliphatic carbocycles. The molecule has 6 nitrogen and oxygen atoms in total. The third-order valence-electron chi connectivity index (χ3n) is 3.17. The third-order valence-corrected chi connectivity index (χ3v) is 5.03. The van der Waals surface area contributed by atoms with Crippen molar-refractivity contribution in [2.24, 2.45) is 0 Å². The van der Waals surface area contributed by atoms with Crippen molar-refractivity contribution >= 4 is 27.3 Å². The quantitative estimate of drug-likeness (QED) is 0.531. The Morgan fingerprint density at radius 3 is 2.72 bits per heavy atom. The largest absolute Gasteiger partial charge is 0.490 e. The van der Waals surface area contributed by atoms with Crippen molar-refractivity contribution in [1.82, 2.24) is 4.72 Å². The molecule has 1 aromatic carbocycles. The van der Waals surface area contributed by atoms with E-state index in [0.29, 0.717) is 17.8 Å². The van der Waals surface area contributed by atoms with Crippen LogP contribution < -0.4 is 9.46 Å². The first-order chi connectivity index (χ1) is 11.8. The van der Waals surface area contributed by atoms with Crippen molar-refractivity contribution in [2.75, 3.05) is 26.0 Å². The lowest BCUT2D eigenvalue weighted by atomic mass is 10.2. The number of rotatable bonds is 9. The molecule has 1 heterocycles. The second kappa shape index (κ2) is 8.98. The monoisotopic (exact) mass is 383 g/mol. The van der Waals surface area contributed by atoms with Gasteiger partial charge in [0.25, 0.3) is 0 Å². The van der Waals surface area contributed by atoms with Crippen LogP contribution >= 0.6 is 11.3 Å². The maximum atomic E-state index is 12.0. The molecule has 0 atom stereocenters. The van der Waals surface area contributed by atoms with Gasteiger partial charge in [-0.3, -0.25) is 0 Å². The average molecular weight is 383 g/mol. The minimum Gasteiger partial charge on any atom is -0.490 e. The van der Waals surface area contributed by atoms with Gasteiger partial charge in [0.05, 0.1) is 6.26 Å². The molecule has 136 valence electrons. The highest BCUT2D eigenvalue weighted by atomic mass is 32.2. The highest BCUT2D eigenvalue weighted by molar-refractivity contribution is 7.88. The van der Waals surface area contributed by atoms with E-state index in [9.17, 15) is 13.2 Å². The van der Waals surface area contributed by atoms with Gasteiger partial charge in [-0.05, 0) is 43.2 Å². The van der Waals surface area contributed by atoms with Gasteiger partial charge < -0.3 is 9.47 Å². The van der Waals surface area contributed by atoms with Crippen LogP contribution in [0.4, 0.5) is 0 Å². The summed E-state index contributed by atoms with van der Waals surface area (Å²) in [4.78, 5) is 13.4. The van der Waals surface area contributed by atoms with Crippen LogP contribution in [0.1, 0.15) is 20.1 Å². The van der Waals surface area contributed by atoms with E-state index in [1.807, 2.05) is 31.2 Å². The van der Waals surface area contributed by atoms with Crippen LogP contribution in [0.3, 0.4) is 0 Å². The zero-order chi connectivity index (χ0) is 18.3. The van der Waals surface area contributed by atoms with Crippen molar-refractivity contribution in [3.05, 3.63) is 51.7 Å². The second-order valence-electron chi connectivity index (χ2n) is 5.48. The Bertz CT molecular complexity index is 814. The number of nitrogens with one attached hydrogen (secondary N) is 1. The number of thiophene rings is 1. The molecule has 0 saturated heterocycles. The Morgan fingerprint density at radius 2 is 2.00 bits per heavy atom. The summed E-state index contributed by atoms with van der Waals surface area (Å²) in [6.07, 6.45) is 1.64. The van der Waals surface area contributed by atoms with Gasteiger partial charge in [0.15, 0.2) is 0 Å². The van der Waals surface area contributed by atoms with Crippen molar-refractivity contribution < 1.29 is 22.7 Å². The van der Waals surface area contributed by atoms with Gasteiger partial charge in [0, 0.05) is 11.4 Å². The predicted octanol–water partition coefficient (Wildman–Crippen LogP) is 2.38. The number of sulfonamides is 1. The SMILES string of the molecule is Cc1cccc(OCCOC(=O)c2ccc(CCNS(C)(=O)=O)s2)c1. The van der Waals surface area contributed by atoms with Crippen molar-refractivity contribution in [2.45, 2.75) is 13.3 Å². The first kappa shape index (κ1) is 19.4. The van der Waals surface area contributed by atoms with E-state index in [4.69, 9.17) is 9.47 Å². The molecule has 0 radical (unpaired) electrons. The first-order valence-electron chi connectivity index (χ1n) is 7.73. The summed E-state index contributed by atoms with van der Waals surface area (Å²) in [7, 11) is -3.20. The predicted molar refractivity (Wildman–Crippen MR) is 97.8 cm³/mol. The van der Waals surface area contributed by atoms with Crippen LogP contribution in [-0.4, -0.2) is 40.4 Å². The van der Waals surface area contributed by atoms with Crippen molar-refractivity contribution in [3.63, 3.8) is 0 Å². The first-order valence-corrected chi connectivity index (χ1v) is 10.4. The Kier molecular flexibility index (Phi) is 6.98. The number of ether oxygens (including phenoxy) is 2. The number of esters is 1. The lowest BCUT2D eigenvalue weighted by Gasteiger charge is -2.07. The Morgan fingerprint density at radius 1 is 1.20 bits per heavy atom. The summed E-state index contributed by atoms with van der Waals surface area (Å²) in [5.41, 5.74) is 1.10. The van der Waals surface area contributed by atoms with E-state index in [0.717, 1.165) is 22.4 Å². The maximum Gasteiger partial charge on any atom is 0.348 e. The van der Waals surface area contributed by atoms with E-state index >= 15 is 0 Å². The number of carbonyl (C=O) groups excluding carboxylic acids is 1. The minimum atomic E-state index is -3.20. The number of aryl methyl sites for hydroxylation is 1. The molecule has 1 aromatic heterocycles. The Balaban J connectivity index is 1.72. The van der Waals surface area contributed by atoms with E-state index in [2.05, 4.69) is 4.72 Å². The Hall–Kier alpha value is -1.90. The summed E-state index contributed by atoms with van der Waals surface area (Å²) < 4.78 is 35.1. The van der Waals surface area contributed by atoms with Crippen LogP contribution in [0, 0.1) is 6.92 Å². The zero-order valence-corrected chi connectivity index (χ0v) is 15.8. The lowest BCUT2D eigenvalue weighted by molar-refractivity contribution is 0.0456. The number of hydrogen-bond donors (Lipinski definition) is 1. The summed E-state index contributed by atoms with van der Waals surface area (Å²) >= 11 is 1.30. The molecule has 0 aliphatic heterocycles. The van der Waals surface area contributed by atoms with Crippen molar-refractivity contribution in [3.8, 4) is 5.75 Å². The molecule has 0 saturated carbocycles. The fourth-order valence-electron chi connectivity index (χ4n) is 2.05. The van der Waals surface area contributed by atoms with Crippen LogP contribution in [-0.2, 0) is 21.2 Å². The third kappa shape index (κ3) is 7.25. The molecular formula is C17H21NO5S2. The van der Waals surface area contributed by atoms with Crippen molar-refractivity contribution in [1.29, 1.82) is 0 Å². The molecule has 0 fully saturated rings. The van der Waals surface area contributed by atoms with Crippen LogP contribution in [0.5, 0.6) is 5.75 Å². The van der Waals surface area contributed by atoms with Gasteiger partial charge in [-0.1, -0.05) is 12.1 Å². The highest BCUT2D eigenvalue weighted by Crippen LogP contribution is 2.18. The summed E-state index contributed by atoms with van der Waals surface area (Å²) in [5, 5.41) is 0. The molecule has 0 spiro atoms. The van der Waals surface area contributed by atoms with Gasteiger partial charge in [-0.15, -0.1) is 11.3 Å². The van der Waals surface area contributed by atoms with Gasteiger partial charge in [0.1, 0.15) is 23.8 Å². The summed E-state index contributed by atoms with van der Waals surface area (Å²) in [5.74, 6) is 0.341. The topological polar surface area (TPSA) is 81.7 Å². The summed E-state index contributed by atoms with van der Waals surface area (Å²) in [6.45, 7) is 2.73. The van der Waals surface area contributed by atoms with E-state index < -0.39 is 16.0 Å². The molecule has 1 N–H and O–H groups in total. The Labute approximate surface area is 151 Å². The molecule has 2 aromatic rings. The molecule has 0 aliphatic rings. The average Bonchev–Trinajstić information content (AvgIpc) is 2.99. The molecule has 0 unspecified atom stereocenters. The molecule has 0 bridgehead atoms. The van der Waals surface area contributed by atoms with E-state index in [-0.39, 0.29) is 13.2 Å². The van der Waals surface area contributed by atoms with Crippen LogP contribution in [0.15, 0.2) is 36.4 Å². The van der Waals surface area contributed by atoms with Gasteiger partial charge in [0.2, 0.25) is 10.0 Å². The van der Waals surface area contributed by atoms with E-state index in [1.165, 1.54) is 11.3 Å². The molecule has 8 heteroatoms. The smallest absolute Gasteiger partial charge is 0.348 e. The fourth-order valence-corrected chi connectivity index (χ4v) is 3.43. The number of hydrogen-bond acceptors (Lipinski definition) is 6. The number of carbonyl (C=O) groups is 1. The summed E-state index contributed by atoms with van der Waals surface area (Å²) in [6, 6.07) is 11.1. The highest BCUT2D eigenvalue weighted by Gasteiger charge is 2.11. The second-order valence-corrected chi connectivity index (χ2v) is 8.48. The number of benzene rings is 1.